The van der Waals surface area contributed by atoms with Crippen LogP contribution in [0, 0.1) is 0 Å². The lowest BCUT2D eigenvalue weighted by Crippen LogP contribution is -2.05. The molecule has 0 atom stereocenters. The molecule has 55 valence electrons. The maximum absolute atomic E-state index is 10.2. The smallest absolute Gasteiger partial charge is 0.211 e. The summed E-state index contributed by atoms with van der Waals surface area (Å²) in [6, 6.07) is 0. The van der Waals surface area contributed by atoms with Gasteiger partial charge in [0.2, 0.25) is 10.0 Å². The van der Waals surface area contributed by atoms with Gasteiger partial charge in [-0.2, -0.15) is 0 Å². The monoisotopic (exact) mass is 150 g/mol. The first-order valence-electron chi connectivity index (χ1n) is 3.03. The van der Waals surface area contributed by atoms with Crippen molar-refractivity contribution in [3.8, 4) is 0 Å². The lowest BCUT2D eigenvalue weighted by molar-refractivity contribution is 0.591. The number of hydrogen-bond donors (Lipinski definition) is 0. The van der Waals surface area contributed by atoms with Gasteiger partial charge in [-0.3, -0.25) is 0 Å². The fourth-order valence-electron chi connectivity index (χ4n) is 0.542. The first kappa shape index (κ1) is 8.91. The van der Waals surface area contributed by atoms with Gasteiger partial charge in [0.1, 0.15) is 0 Å². The van der Waals surface area contributed by atoms with E-state index in [1.807, 2.05) is 6.92 Å². The third-order valence-electron chi connectivity index (χ3n) is 1.02. The maximum atomic E-state index is 10.2. The third-order valence-corrected chi connectivity index (χ3v) is 1.84. The van der Waals surface area contributed by atoms with Crippen LogP contribution in [0.25, 0.3) is 0 Å². The van der Waals surface area contributed by atoms with Crippen LogP contribution >= 0.6 is 0 Å². The molecule has 0 rings (SSSR count). The molecule has 1 radical (unpaired) electrons. The van der Waals surface area contributed by atoms with Crippen LogP contribution in [0.3, 0.4) is 0 Å². The van der Waals surface area contributed by atoms with E-state index in [0.29, 0.717) is 6.42 Å². The molecule has 0 aliphatic rings. The zero-order valence-electron chi connectivity index (χ0n) is 5.55. The Labute approximate surface area is 56.3 Å². The molecule has 0 aliphatic heterocycles. The number of hydrogen-bond acceptors (Lipinski definition) is 2. The second-order valence-electron chi connectivity index (χ2n) is 2.03. The van der Waals surface area contributed by atoms with Crippen molar-refractivity contribution in [1.82, 2.24) is 5.14 Å². The van der Waals surface area contributed by atoms with E-state index in [9.17, 15) is 8.42 Å². The highest BCUT2D eigenvalue weighted by molar-refractivity contribution is 7.88. The molecule has 0 unspecified atom stereocenters. The van der Waals surface area contributed by atoms with Gasteiger partial charge in [-0.15, -0.1) is 5.14 Å². The molecule has 0 aromatic carbocycles. The molecule has 0 fully saturated rings. The van der Waals surface area contributed by atoms with Crippen molar-refractivity contribution in [2.75, 3.05) is 5.75 Å². The van der Waals surface area contributed by atoms with Crippen molar-refractivity contribution in [2.24, 2.45) is 0 Å². The predicted octanol–water partition coefficient (Wildman–Crippen LogP) is 0.789. The Hall–Kier alpha value is -0.0900. The van der Waals surface area contributed by atoms with E-state index >= 15 is 0 Å². The summed E-state index contributed by atoms with van der Waals surface area (Å²) in [6.45, 7) is 2.00. The van der Waals surface area contributed by atoms with Crippen LogP contribution in [-0.2, 0) is 10.0 Å². The zero-order valence-corrected chi connectivity index (χ0v) is 6.37. The molecule has 0 spiro atoms. The minimum atomic E-state index is -3.45. The van der Waals surface area contributed by atoms with Crippen molar-refractivity contribution in [2.45, 2.75) is 26.2 Å². The fraction of sp³-hybridized carbons (Fsp3) is 1.00. The van der Waals surface area contributed by atoms with Crippen molar-refractivity contribution in [1.29, 1.82) is 0 Å². The molecule has 1 N–H and O–H groups in total. The van der Waals surface area contributed by atoms with Gasteiger partial charge >= 0.3 is 0 Å². The normalized spacial score (nSPS) is 11.8. The van der Waals surface area contributed by atoms with Gasteiger partial charge < -0.3 is 0 Å². The molecule has 0 amide bonds. The van der Waals surface area contributed by atoms with Crippen LogP contribution in [0.2, 0.25) is 0 Å². The van der Waals surface area contributed by atoms with Crippen LogP contribution in [0.4, 0.5) is 0 Å². The molecule has 0 heterocycles. The lowest BCUT2D eigenvalue weighted by atomic mass is 10.3. The fourth-order valence-corrected chi connectivity index (χ4v) is 1.13. The Balaban J connectivity index is 3.30. The molecule has 0 bridgehead atoms. The van der Waals surface area contributed by atoms with Gasteiger partial charge in [0.25, 0.3) is 0 Å². The average molecular weight is 150 g/mol. The van der Waals surface area contributed by atoms with Gasteiger partial charge in [0.05, 0.1) is 5.75 Å². The van der Waals surface area contributed by atoms with Crippen LogP contribution in [0.15, 0.2) is 0 Å². The third kappa shape index (κ3) is 7.91. The second kappa shape index (κ2) is 3.85. The highest BCUT2D eigenvalue weighted by Gasteiger charge is 2.00. The Morgan fingerprint density at radius 1 is 1.33 bits per heavy atom. The van der Waals surface area contributed by atoms with E-state index in [1.54, 1.807) is 0 Å². The Bertz CT molecular complexity index is 150. The largest absolute Gasteiger partial charge is 0.225 e. The number of nitrogens with one attached hydrogen (secondary N) is 1. The maximum Gasteiger partial charge on any atom is 0.225 e. The molecule has 0 saturated carbocycles. The molecule has 0 aromatic heterocycles. The average Bonchev–Trinajstić information content (AvgIpc) is 1.63. The van der Waals surface area contributed by atoms with Crippen molar-refractivity contribution < 1.29 is 8.42 Å². The predicted molar refractivity (Wildman–Crippen MR) is 36.4 cm³/mol. The molecule has 0 aliphatic carbocycles. The van der Waals surface area contributed by atoms with Gasteiger partial charge in [0, 0.05) is 0 Å². The second-order valence-corrected chi connectivity index (χ2v) is 3.66. The number of rotatable bonds is 4. The van der Waals surface area contributed by atoms with E-state index in [1.165, 1.54) is 0 Å². The standard InChI is InChI=1S/C5H12NO2S/c1-2-3-4-5-9(6,7)8/h6H,2-5H2,1H3. The van der Waals surface area contributed by atoms with Gasteiger partial charge in [0.15, 0.2) is 0 Å². The van der Waals surface area contributed by atoms with E-state index in [4.69, 9.17) is 5.14 Å². The molecule has 4 heteroatoms. The van der Waals surface area contributed by atoms with Crippen molar-refractivity contribution in [3.63, 3.8) is 0 Å². The summed E-state index contributed by atoms with van der Waals surface area (Å²) < 4.78 is 20.3. The highest BCUT2D eigenvalue weighted by Crippen LogP contribution is 1.95. The topological polar surface area (TPSA) is 57.9 Å². The van der Waals surface area contributed by atoms with Crippen molar-refractivity contribution >= 4 is 10.0 Å². The SMILES string of the molecule is CCCCCS([NH])(=O)=O. The quantitative estimate of drug-likeness (QED) is 0.556. The first-order valence-corrected chi connectivity index (χ1v) is 4.69. The molecule has 3 nitrogen and oxygen atoms in total. The Morgan fingerprint density at radius 2 is 1.89 bits per heavy atom. The minimum Gasteiger partial charge on any atom is -0.211 e. The minimum absolute atomic E-state index is 0.0147. The Morgan fingerprint density at radius 3 is 2.22 bits per heavy atom. The number of unbranched alkanes of at least 4 members (excludes halogenated alkanes) is 2. The summed E-state index contributed by atoms with van der Waals surface area (Å²) in [5.41, 5.74) is 0. The summed E-state index contributed by atoms with van der Waals surface area (Å²) in [5, 5.41) is 6.48. The lowest BCUT2D eigenvalue weighted by Gasteiger charge is -1.93. The van der Waals surface area contributed by atoms with E-state index in [0.717, 1.165) is 12.8 Å². The number of sulfonamides is 1. The van der Waals surface area contributed by atoms with Gasteiger partial charge in [-0.25, -0.2) is 8.42 Å². The highest BCUT2D eigenvalue weighted by atomic mass is 32.2. The molecule has 0 aromatic rings. The Kier molecular flexibility index (Phi) is 3.81. The summed E-state index contributed by atoms with van der Waals surface area (Å²) in [7, 11) is -3.45. The van der Waals surface area contributed by atoms with Gasteiger partial charge in [-0.05, 0) is 6.42 Å². The summed E-state index contributed by atoms with van der Waals surface area (Å²) in [4.78, 5) is 0. The van der Waals surface area contributed by atoms with E-state index in [2.05, 4.69) is 0 Å². The van der Waals surface area contributed by atoms with E-state index in [-0.39, 0.29) is 5.75 Å². The van der Waals surface area contributed by atoms with Gasteiger partial charge in [-0.1, -0.05) is 19.8 Å². The summed E-state index contributed by atoms with van der Waals surface area (Å²) >= 11 is 0. The molecular weight excluding hydrogens is 138 g/mol. The molecular formula is C5H12NO2S. The molecule has 0 saturated heterocycles. The van der Waals surface area contributed by atoms with Crippen LogP contribution < -0.4 is 5.14 Å². The van der Waals surface area contributed by atoms with E-state index < -0.39 is 10.0 Å². The first-order chi connectivity index (χ1) is 4.06. The van der Waals surface area contributed by atoms with Crippen molar-refractivity contribution in [3.05, 3.63) is 0 Å². The van der Waals surface area contributed by atoms with Crippen LogP contribution in [0.1, 0.15) is 26.2 Å². The van der Waals surface area contributed by atoms with Crippen LogP contribution in [0.5, 0.6) is 0 Å². The summed E-state index contributed by atoms with van der Waals surface area (Å²) in [5.74, 6) is 0.0147. The zero-order chi connectivity index (χ0) is 7.33. The summed E-state index contributed by atoms with van der Waals surface area (Å²) in [6.07, 6.45) is 2.52. The van der Waals surface area contributed by atoms with Crippen LogP contribution in [-0.4, -0.2) is 14.2 Å². The molecule has 9 heavy (non-hydrogen) atoms.